The molecule has 82 valence electrons. The Bertz CT molecular complexity index is 161. The summed E-state index contributed by atoms with van der Waals surface area (Å²) in [6.07, 6.45) is 5.96. The van der Waals surface area contributed by atoms with Gasteiger partial charge in [0.25, 0.3) is 0 Å². The smallest absolute Gasteiger partial charge is 0.0703 e. The van der Waals surface area contributed by atoms with Crippen molar-refractivity contribution in [2.45, 2.75) is 37.9 Å². The van der Waals surface area contributed by atoms with Gasteiger partial charge in [-0.05, 0) is 39.3 Å². The second-order valence-corrected chi connectivity index (χ2v) is 4.61. The minimum absolute atomic E-state index is 0.483. The van der Waals surface area contributed by atoms with E-state index >= 15 is 0 Å². The Hall–Kier alpha value is -0.120. The van der Waals surface area contributed by atoms with Crippen LogP contribution in [0.1, 0.15) is 25.7 Å². The van der Waals surface area contributed by atoms with Crippen LogP contribution < -0.4 is 5.32 Å². The number of rotatable bonds is 2. The van der Waals surface area contributed by atoms with Crippen LogP contribution >= 0.6 is 0 Å². The van der Waals surface area contributed by atoms with E-state index in [0.717, 1.165) is 6.54 Å². The van der Waals surface area contributed by atoms with E-state index < -0.39 is 0 Å². The Morgan fingerprint density at radius 2 is 1.93 bits per heavy atom. The van der Waals surface area contributed by atoms with Crippen molar-refractivity contribution in [3.63, 3.8) is 0 Å². The maximum absolute atomic E-state index is 6.09. The largest absolute Gasteiger partial charge is 0.374 e. The van der Waals surface area contributed by atoms with Crippen molar-refractivity contribution < 1.29 is 4.74 Å². The molecule has 0 saturated carbocycles. The van der Waals surface area contributed by atoms with Gasteiger partial charge in [0.05, 0.1) is 12.2 Å². The van der Waals surface area contributed by atoms with Crippen LogP contribution in [0.15, 0.2) is 0 Å². The first-order valence-corrected chi connectivity index (χ1v) is 5.89. The molecule has 2 aliphatic rings. The minimum atomic E-state index is 0.483. The monoisotopic (exact) mass is 198 g/mol. The van der Waals surface area contributed by atoms with E-state index in [1.165, 1.54) is 45.3 Å². The van der Waals surface area contributed by atoms with Crippen LogP contribution in [-0.2, 0) is 4.74 Å². The minimum Gasteiger partial charge on any atom is -0.374 e. The first-order chi connectivity index (χ1) is 6.84. The molecule has 0 amide bonds. The van der Waals surface area contributed by atoms with E-state index in [9.17, 15) is 0 Å². The van der Waals surface area contributed by atoms with Crippen molar-refractivity contribution in [2.24, 2.45) is 0 Å². The standard InChI is InChI=1S/C11H22N2O/c1-13-7-4-10(5-8-13)14-11-3-2-6-12-9-11/h10-12H,2-9H2,1H3. The average molecular weight is 198 g/mol. The molecule has 0 aromatic rings. The summed E-state index contributed by atoms with van der Waals surface area (Å²) in [4.78, 5) is 2.39. The van der Waals surface area contributed by atoms with Crippen LogP contribution in [0.2, 0.25) is 0 Å². The molecule has 3 heteroatoms. The number of nitrogens with one attached hydrogen (secondary N) is 1. The first kappa shape index (κ1) is 10.4. The van der Waals surface area contributed by atoms with Crippen molar-refractivity contribution in [2.75, 3.05) is 33.2 Å². The lowest BCUT2D eigenvalue weighted by molar-refractivity contribution is -0.0475. The lowest BCUT2D eigenvalue weighted by atomic mass is 10.1. The highest BCUT2D eigenvalue weighted by Crippen LogP contribution is 2.17. The Balaban J connectivity index is 1.68. The molecule has 0 aromatic heterocycles. The Labute approximate surface area is 86.8 Å². The quantitative estimate of drug-likeness (QED) is 0.712. The third-order valence-electron chi connectivity index (χ3n) is 3.30. The van der Waals surface area contributed by atoms with E-state index in [-0.39, 0.29) is 0 Å². The first-order valence-electron chi connectivity index (χ1n) is 5.89. The average Bonchev–Trinajstić information content (AvgIpc) is 2.23. The van der Waals surface area contributed by atoms with Crippen LogP contribution in [0.25, 0.3) is 0 Å². The van der Waals surface area contributed by atoms with Gasteiger partial charge >= 0.3 is 0 Å². The molecule has 2 rings (SSSR count). The predicted molar refractivity (Wildman–Crippen MR) is 57.5 cm³/mol. The molecule has 2 heterocycles. The fraction of sp³-hybridized carbons (Fsp3) is 1.00. The lowest BCUT2D eigenvalue weighted by Gasteiger charge is -2.33. The van der Waals surface area contributed by atoms with Gasteiger partial charge in [0.2, 0.25) is 0 Å². The lowest BCUT2D eigenvalue weighted by Crippen LogP contribution is -2.41. The van der Waals surface area contributed by atoms with Crippen LogP contribution in [0.4, 0.5) is 0 Å². The molecule has 0 radical (unpaired) electrons. The van der Waals surface area contributed by atoms with E-state index in [2.05, 4.69) is 17.3 Å². The normalized spacial score (nSPS) is 31.9. The molecular formula is C11H22N2O. The number of hydrogen-bond donors (Lipinski definition) is 1. The van der Waals surface area contributed by atoms with E-state index in [1.807, 2.05) is 0 Å². The summed E-state index contributed by atoms with van der Waals surface area (Å²) in [6.45, 7) is 4.63. The second kappa shape index (κ2) is 5.10. The molecule has 1 N–H and O–H groups in total. The summed E-state index contributed by atoms with van der Waals surface area (Å²) >= 11 is 0. The molecule has 0 bridgehead atoms. The van der Waals surface area contributed by atoms with Crippen LogP contribution in [0.3, 0.4) is 0 Å². The molecule has 0 aliphatic carbocycles. The van der Waals surface area contributed by atoms with Gasteiger partial charge < -0.3 is 15.0 Å². The number of piperidine rings is 2. The molecule has 2 saturated heterocycles. The topological polar surface area (TPSA) is 24.5 Å². The zero-order valence-corrected chi connectivity index (χ0v) is 9.17. The molecule has 2 fully saturated rings. The Morgan fingerprint density at radius 1 is 1.14 bits per heavy atom. The fourth-order valence-electron chi connectivity index (χ4n) is 2.33. The van der Waals surface area contributed by atoms with Gasteiger partial charge in [0.15, 0.2) is 0 Å². The van der Waals surface area contributed by atoms with Gasteiger partial charge in [-0.1, -0.05) is 0 Å². The molecule has 0 aromatic carbocycles. The van der Waals surface area contributed by atoms with Crippen LogP contribution in [0.5, 0.6) is 0 Å². The zero-order chi connectivity index (χ0) is 9.80. The summed E-state index contributed by atoms with van der Waals surface area (Å²) in [5.74, 6) is 0. The number of nitrogens with zero attached hydrogens (tertiary/aromatic N) is 1. The van der Waals surface area contributed by atoms with Gasteiger partial charge in [-0.2, -0.15) is 0 Å². The van der Waals surface area contributed by atoms with E-state index in [4.69, 9.17) is 4.74 Å². The highest BCUT2D eigenvalue weighted by molar-refractivity contribution is 4.75. The number of ether oxygens (including phenoxy) is 1. The third kappa shape index (κ3) is 2.94. The summed E-state index contributed by atoms with van der Waals surface area (Å²) in [6, 6.07) is 0. The maximum atomic E-state index is 6.09. The zero-order valence-electron chi connectivity index (χ0n) is 9.17. The van der Waals surface area contributed by atoms with Gasteiger partial charge in [-0.15, -0.1) is 0 Å². The van der Waals surface area contributed by atoms with Crippen molar-refractivity contribution in [3.8, 4) is 0 Å². The molecule has 1 unspecified atom stereocenters. The molecule has 0 spiro atoms. The Morgan fingerprint density at radius 3 is 2.57 bits per heavy atom. The van der Waals surface area contributed by atoms with Gasteiger partial charge in [0.1, 0.15) is 0 Å². The van der Waals surface area contributed by atoms with Crippen molar-refractivity contribution in [1.82, 2.24) is 10.2 Å². The molecule has 1 atom stereocenters. The number of likely N-dealkylation sites (tertiary alicyclic amines) is 1. The summed E-state index contributed by atoms with van der Waals surface area (Å²) in [5, 5.41) is 3.40. The van der Waals surface area contributed by atoms with Crippen molar-refractivity contribution in [1.29, 1.82) is 0 Å². The van der Waals surface area contributed by atoms with Crippen LogP contribution in [0, 0.1) is 0 Å². The van der Waals surface area contributed by atoms with Gasteiger partial charge in [-0.25, -0.2) is 0 Å². The highest BCUT2D eigenvalue weighted by Gasteiger charge is 2.22. The molecule has 14 heavy (non-hydrogen) atoms. The third-order valence-corrected chi connectivity index (χ3v) is 3.30. The molecular weight excluding hydrogens is 176 g/mol. The van der Waals surface area contributed by atoms with Gasteiger partial charge in [-0.3, -0.25) is 0 Å². The van der Waals surface area contributed by atoms with E-state index in [0.29, 0.717) is 12.2 Å². The van der Waals surface area contributed by atoms with Crippen molar-refractivity contribution in [3.05, 3.63) is 0 Å². The SMILES string of the molecule is CN1CCC(OC2CCCNC2)CC1. The van der Waals surface area contributed by atoms with E-state index in [1.54, 1.807) is 0 Å². The summed E-state index contributed by atoms with van der Waals surface area (Å²) in [7, 11) is 2.19. The van der Waals surface area contributed by atoms with Crippen LogP contribution in [-0.4, -0.2) is 50.3 Å². The number of hydrogen-bond acceptors (Lipinski definition) is 3. The summed E-state index contributed by atoms with van der Waals surface area (Å²) in [5.41, 5.74) is 0. The van der Waals surface area contributed by atoms with Gasteiger partial charge in [0, 0.05) is 19.6 Å². The fourth-order valence-corrected chi connectivity index (χ4v) is 2.33. The maximum Gasteiger partial charge on any atom is 0.0703 e. The highest BCUT2D eigenvalue weighted by atomic mass is 16.5. The predicted octanol–water partition coefficient (Wildman–Crippen LogP) is 0.849. The Kier molecular flexibility index (Phi) is 3.79. The molecule has 2 aliphatic heterocycles. The van der Waals surface area contributed by atoms with Crippen molar-refractivity contribution >= 4 is 0 Å². The molecule has 3 nitrogen and oxygen atoms in total. The second-order valence-electron chi connectivity index (χ2n) is 4.61. The summed E-state index contributed by atoms with van der Waals surface area (Å²) < 4.78 is 6.09.